The first-order valence-electron chi connectivity index (χ1n) is 8.84. The molecule has 4 aromatic rings. The van der Waals surface area contributed by atoms with Crippen LogP contribution in [0.1, 0.15) is 22.5 Å². The first-order valence-corrected chi connectivity index (χ1v) is 9.21. The highest BCUT2D eigenvalue weighted by atomic mass is 35.5. The number of halogens is 4. The van der Waals surface area contributed by atoms with Crippen LogP contribution in [0.5, 0.6) is 0 Å². The molecule has 4 rings (SSSR count). The molecule has 0 radical (unpaired) electrons. The van der Waals surface area contributed by atoms with Gasteiger partial charge >= 0.3 is 6.18 Å². The van der Waals surface area contributed by atoms with Crippen molar-refractivity contribution in [2.75, 3.05) is 0 Å². The Labute approximate surface area is 169 Å². The molecule has 3 heterocycles. The molecule has 0 aliphatic carbocycles. The molecule has 0 aliphatic rings. The molecule has 0 fully saturated rings. The Morgan fingerprint density at radius 1 is 1.10 bits per heavy atom. The van der Waals surface area contributed by atoms with Crippen LogP contribution in [0.15, 0.2) is 36.5 Å². The number of alkyl halides is 3. The van der Waals surface area contributed by atoms with Gasteiger partial charge < -0.3 is 0 Å². The second-order valence-electron chi connectivity index (χ2n) is 6.89. The summed E-state index contributed by atoms with van der Waals surface area (Å²) in [6, 6.07) is 8.16. The van der Waals surface area contributed by atoms with E-state index < -0.39 is 11.7 Å². The van der Waals surface area contributed by atoms with Gasteiger partial charge in [0.2, 0.25) is 0 Å². The zero-order chi connectivity index (χ0) is 20.9. The fourth-order valence-corrected chi connectivity index (χ4v) is 3.46. The molecule has 0 N–H and O–H groups in total. The van der Waals surface area contributed by atoms with E-state index in [0.29, 0.717) is 10.6 Å². The lowest BCUT2D eigenvalue weighted by atomic mass is 10.1. The Morgan fingerprint density at radius 3 is 2.38 bits per heavy atom. The lowest BCUT2D eigenvalue weighted by Gasteiger charge is -2.12. The van der Waals surface area contributed by atoms with Crippen LogP contribution in [-0.4, -0.2) is 24.5 Å². The van der Waals surface area contributed by atoms with Gasteiger partial charge in [-0.15, -0.1) is 0 Å². The van der Waals surface area contributed by atoms with E-state index in [9.17, 15) is 13.2 Å². The number of aromatic nitrogens is 5. The summed E-state index contributed by atoms with van der Waals surface area (Å²) in [5.41, 5.74) is 2.07. The molecule has 0 spiro atoms. The van der Waals surface area contributed by atoms with Gasteiger partial charge in [-0.25, -0.2) is 9.67 Å². The van der Waals surface area contributed by atoms with Gasteiger partial charge in [0.25, 0.3) is 0 Å². The van der Waals surface area contributed by atoms with Crippen molar-refractivity contribution in [2.24, 2.45) is 7.05 Å². The number of nitrogens with zero attached hydrogens (tertiary/aromatic N) is 5. The predicted octanol–water partition coefficient (Wildman–Crippen LogP) is 5.17. The van der Waals surface area contributed by atoms with Crippen LogP contribution in [0.2, 0.25) is 5.02 Å². The van der Waals surface area contributed by atoms with Gasteiger partial charge in [0, 0.05) is 23.3 Å². The van der Waals surface area contributed by atoms with E-state index in [4.69, 9.17) is 11.6 Å². The van der Waals surface area contributed by atoms with Gasteiger partial charge in [0.1, 0.15) is 0 Å². The maximum atomic E-state index is 13.9. The van der Waals surface area contributed by atoms with Crippen LogP contribution < -0.4 is 0 Å². The highest BCUT2D eigenvalue weighted by molar-refractivity contribution is 6.30. The largest absolute Gasteiger partial charge is 0.417 e. The first-order chi connectivity index (χ1) is 13.6. The molecular weight excluding hydrogens is 403 g/mol. The zero-order valence-corrected chi connectivity index (χ0v) is 16.7. The molecule has 29 heavy (non-hydrogen) atoms. The van der Waals surface area contributed by atoms with Gasteiger partial charge in [-0.3, -0.25) is 4.68 Å². The third kappa shape index (κ3) is 3.48. The van der Waals surface area contributed by atoms with Gasteiger partial charge in [0.05, 0.1) is 35.1 Å². The maximum Gasteiger partial charge on any atom is 0.417 e. The average molecular weight is 420 g/mol. The van der Waals surface area contributed by atoms with Gasteiger partial charge in [-0.2, -0.15) is 23.4 Å². The van der Waals surface area contributed by atoms with Crippen molar-refractivity contribution in [3.63, 3.8) is 0 Å². The van der Waals surface area contributed by atoms with Crippen molar-refractivity contribution < 1.29 is 13.2 Å². The summed E-state index contributed by atoms with van der Waals surface area (Å²) in [7, 11) is 1.73. The summed E-state index contributed by atoms with van der Waals surface area (Å²) in [5, 5.41) is 9.07. The molecule has 0 bridgehead atoms. The Morgan fingerprint density at radius 2 is 1.79 bits per heavy atom. The lowest BCUT2D eigenvalue weighted by molar-refractivity contribution is -0.136. The van der Waals surface area contributed by atoms with E-state index in [2.05, 4.69) is 15.2 Å². The molecule has 1 aromatic carbocycles. The van der Waals surface area contributed by atoms with E-state index in [0.717, 1.165) is 17.3 Å². The molecule has 0 amide bonds. The van der Waals surface area contributed by atoms with Crippen LogP contribution >= 0.6 is 11.6 Å². The van der Waals surface area contributed by atoms with Crippen LogP contribution in [-0.2, 0) is 19.8 Å². The van der Waals surface area contributed by atoms with Crippen LogP contribution in [0.4, 0.5) is 13.2 Å². The highest BCUT2D eigenvalue weighted by Gasteiger charge is 2.36. The molecule has 0 atom stereocenters. The van der Waals surface area contributed by atoms with Crippen LogP contribution in [0, 0.1) is 13.8 Å². The fourth-order valence-electron chi connectivity index (χ4n) is 3.34. The summed E-state index contributed by atoms with van der Waals surface area (Å²) >= 11 is 5.92. The number of rotatable bonds is 3. The van der Waals surface area contributed by atoms with Gasteiger partial charge in [-0.05, 0) is 37.6 Å². The summed E-state index contributed by atoms with van der Waals surface area (Å²) < 4.78 is 44.7. The number of aryl methyl sites for hydroxylation is 2. The Bertz CT molecular complexity index is 1210. The maximum absolute atomic E-state index is 13.9. The topological polar surface area (TPSA) is 48.5 Å². The van der Waals surface area contributed by atoms with Crippen molar-refractivity contribution in [3.05, 3.63) is 64.1 Å². The molecule has 0 aliphatic heterocycles. The van der Waals surface area contributed by atoms with Crippen molar-refractivity contribution in [1.82, 2.24) is 24.5 Å². The van der Waals surface area contributed by atoms with Crippen molar-refractivity contribution in [1.29, 1.82) is 0 Å². The number of hydrogen-bond donors (Lipinski definition) is 0. The minimum absolute atomic E-state index is 0.0109. The zero-order valence-electron chi connectivity index (χ0n) is 15.9. The van der Waals surface area contributed by atoms with E-state index in [-0.39, 0.29) is 29.0 Å². The summed E-state index contributed by atoms with van der Waals surface area (Å²) in [6.07, 6.45) is -3.01. The smallest absolute Gasteiger partial charge is 0.272 e. The van der Waals surface area contributed by atoms with Gasteiger partial charge in [0.15, 0.2) is 5.65 Å². The lowest BCUT2D eigenvalue weighted by Crippen LogP contribution is -2.08. The van der Waals surface area contributed by atoms with Crippen molar-refractivity contribution in [3.8, 4) is 11.3 Å². The van der Waals surface area contributed by atoms with E-state index in [1.165, 1.54) is 10.9 Å². The molecular formula is C20H17ClF3N5. The number of benzene rings is 1. The minimum Gasteiger partial charge on any atom is -0.272 e. The Hall–Kier alpha value is -2.87. The van der Waals surface area contributed by atoms with Crippen LogP contribution in [0.25, 0.3) is 22.3 Å². The first kappa shape index (κ1) is 19.4. The molecule has 9 heteroatoms. The summed E-state index contributed by atoms with van der Waals surface area (Å²) in [5.74, 6) is 0. The standard InChI is InChI=1S/C20H17ClF3N5/c1-11-18-16(20(22,23)24)8-17(15-9-25-28(3)12(15)2)26-19(18)29(27-11)10-13-4-6-14(21)7-5-13/h4-9H,10H2,1-3H3. The van der Waals surface area contributed by atoms with Crippen LogP contribution in [0.3, 0.4) is 0 Å². The molecule has 5 nitrogen and oxygen atoms in total. The van der Waals surface area contributed by atoms with Crippen molar-refractivity contribution in [2.45, 2.75) is 26.6 Å². The predicted molar refractivity (Wildman–Crippen MR) is 105 cm³/mol. The second kappa shape index (κ2) is 6.88. The molecule has 0 saturated heterocycles. The fraction of sp³-hybridized carbons (Fsp3) is 0.250. The summed E-state index contributed by atoms with van der Waals surface area (Å²) in [6.45, 7) is 3.63. The number of hydrogen-bond acceptors (Lipinski definition) is 3. The molecule has 3 aromatic heterocycles. The second-order valence-corrected chi connectivity index (χ2v) is 7.32. The normalized spacial score (nSPS) is 12.1. The highest BCUT2D eigenvalue weighted by Crippen LogP contribution is 2.38. The molecule has 150 valence electrons. The average Bonchev–Trinajstić information content (AvgIpc) is 3.15. The number of fused-ring (bicyclic) bond motifs is 1. The molecule has 0 unspecified atom stereocenters. The van der Waals surface area contributed by atoms with Crippen molar-refractivity contribution >= 4 is 22.6 Å². The Balaban J connectivity index is 1.95. The molecule has 0 saturated carbocycles. The van der Waals surface area contributed by atoms with Gasteiger partial charge in [-0.1, -0.05) is 23.7 Å². The third-order valence-electron chi connectivity index (χ3n) is 4.94. The van der Waals surface area contributed by atoms with E-state index in [1.54, 1.807) is 37.7 Å². The summed E-state index contributed by atoms with van der Waals surface area (Å²) in [4.78, 5) is 4.55. The van der Waals surface area contributed by atoms with E-state index in [1.807, 2.05) is 12.1 Å². The number of pyridine rings is 1. The Kier molecular flexibility index (Phi) is 4.61. The SMILES string of the molecule is Cc1nn(Cc2ccc(Cl)cc2)c2nc(-c3cnn(C)c3C)cc(C(F)(F)F)c12. The monoisotopic (exact) mass is 419 g/mol. The minimum atomic E-state index is -4.54. The quantitative estimate of drug-likeness (QED) is 0.460. The van der Waals surface area contributed by atoms with E-state index >= 15 is 0 Å². The third-order valence-corrected chi connectivity index (χ3v) is 5.19.